The highest BCUT2D eigenvalue weighted by Gasteiger charge is 2.29. The zero-order valence-electron chi connectivity index (χ0n) is 11.9. The van der Waals surface area contributed by atoms with Gasteiger partial charge < -0.3 is 4.74 Å². The predicted octanol–water partition coefficient (Wildman–Crippen LogP) is 0.689. The van der Waals surface area contributed by atoms with Crippen LogP contribution in [0.1, 0.15) is 12.1 Å². The molecule has 0 saturated carbocycles. The number of esters is 1. The standard InChI is InChI=1S/C15H17N3O3/c1-21-15(20)11-5-7-17(9-11)10-12-8-14(19)18-6-3-2-4-13(18)16-12/h2-4,6,8,11H,5,7,9-10H2,1H3. The second kappa shape index (κ2) is 5.65. The maximum Gasteiger partial charge on any atom is 0.310 e. The monoisotopic (exact) mass is 287 g/mol. The lowest BCUT2D eigenvalue weighted by Crippen LogP contribution is -2.25. The summed E-state index contributed by atoms with van der Waals surface area (Å²) in [6, 6.07) is 7.02. The Labute approximate surface area is 122 Å². The first-order valence-electron chi connectivity index (χ1n) is 6.95. The molecule has 110 valence electrons. The molecule has 0 amide bonds. The number of pyridine rings is 1. The molecule has 1 fully saturated rings. The van der Waals surface area contributed by atoms with Gasteiger partial charge in [0.05, 0.1) is 18.7 Å². The van der Waals surface area contributed by atoms with Crippen molar-refractivity contribution < 1.29 is 9.53 Å². The van der Waals surface area contributed by atoms with Gasteiger partial charge >= 0.3 is 5.97 Å². The van der Waals surface area contributed by atoms with Crippen molar-refractivity contribution in [2.24, 2.45) is 5.92 Å². The lowest BCUT2D eigenvalue weighted by molar-refractivity contribution is -0.144. The molecule has 2 aromatic rings. The maximum atomic E-state index is 12.0. The van der Waals surface area contributed by atoms with Gasteiger partial charge in [0.2, 0.25) is 0 Å². The summed E-state index contributed by atoms with van der Waals surface area (Å²) >= 11 is 0. The third-order valence-corrected chi connectivity index (χ3v) is 3.82. The number of carbonyl (C=O) groups excluding carboxylic acids is 1. The third-order valence-electron chi connectivity index (χ3n) is 3.82. The summed E-state index contributed by atoms with van der Waals surface area (Å²) in [7, 11) is 1.41. The number of fused-ring (bicyclic) bond motifs is 1. The molecule has 1 unspecified atom stereocenters. The van der Waals surface area contributed by atoms with Crippen molar-refractivity contribution in [2.45, 2.75) is 13.0 Å². The number of methoxy groups -OCH3 is 1. The van der Waals surface area contributed by atoms with Crippen LogP contribution in [0.4, 0.5) is 0 Å². The summed E-state index contributed by atoms with van der Waals surface area (Å²) in [5.41, 5.74) is 1.29. The molecule has 0 spiro atoms. The van der Waals surface area contributed by atoms with E-state index in [1.807, 2.05) is 12.1 Å². The molecule has 6 heteroatoms. The number of nitrogens with zero attached hydrogens (tertiary/aromatic N) is 3. The van der Waals surface area contributed by atoms with E-state index in [9.17, 15) is 9.59 Å². The highest BCUT2D eigenvalue weighted by Crippen LogP contribution is 2.19. The number of ether oxygens (including phenoxy) is 1. The molecule has 1 saturated heterocycles. The van der Waals surface area contributed by atoms with Gasteiger partial charge in [-0.05, 0) is 25.1 Å². The van der Waals surface area contributed by atoms with Crippen molar-refractivity contribution >= 4 is 11.6 Å². The Morgan fingerprint density at radius 2 is 2.33 bits per heavy atom. The molecule has 1 aliphatic rings. The van der Waals surface area contributed by atoms with Crippen molar-refractivity contribution in [1.82, 2.24) is 14.3 Å². The molecule has 3 heterocycles. The Morgan fingerprint density at radius 1 is 1.48 bits per heavy atom. The van der Waals surface area contributed by atoms with Crippen LogP contribution in [0, 0.1) is 5.92 Å². The maximum absolute atomic E-state index is 12.0. The van der Waals surface area contributed by atoms with E-state index < -0.39 is 0 Å². The number of hydrogen-bond donors (Lipinski definition) is 0. The first-order valence-corrected chi connectivity index (χ1v) is 6.95. The molecular formula is C15H17N3O3. The number of rotatable bonds is 3. The van der Waals surface area contributed by atoms with Crippen LogP contribution in [-0.4, -0.2) is 40.5 Å². The highest BCUT2D eigenvalue weighted by molar-refractivity contribution is 5.72. The number of carbonyl (C=O) groups is 1. The van der Waals surface area contributed by atoms with Gasteiger partial charge in [0.25, 0.3) is 5.56 Å². The summed E-state index contributed by atoms with van der Waals surface area (Å²) in [6.07, 6.45) is 2.50. The van der Waals surface area contributed by atoms with E-state index in [4.69, 9.17) is 4.74 Å². The topological polar surface area (TPSA) is 63.9 Å². The van der Waals surface area contributed by atoms with E-state index in [0.29, 0.717) is 18.7 Å². The van der Waals surface area contributed by atoms with E-state index in [-0.39, 0.29) is 17.4 Å². The SMILES string of the molecule is COC(=O)C1CCN(Cc2cc(=O)n3ccccc3n2)C1. The summed E-state index contributed by atoms with van der Waals surface area (Å²) in [5, 5.41) is 0. The Morgan fingerprint density at radius 3 is 3.14 bits per heavy atom. The molecule has 1 atom stereocenters. The van der Waals surface area contributed by atoms with Gasteiger partial charge in [-0.25, -0.2) is 4.98 Å². The Bertz CT molecular complexity index is 725. The first kappa shape index (κ1) is 13.8. The minimum Gasteiger partial charge on any atom is -0.469 e. The fourth-order valence-electron chi connectivity index (χ4n) is 2.75. The van der Waals surface area contributed by atoms with Gasteiger partial charge in [0.15, 0.2) is 0 Å². The number of hydrogen-bond acceptors (Lipinski definition) is 5. The minimum absolute atomic E-state index is 0.0726. The third kappa shape index (κ3) is 2.80. The van der Waals surface area contributed by atoms with Crippen LogP contribution in [0.25, 0.3) is 5.65 Å². The van der Waals surface area contributed by atoms with Crippen molar-refractivity contribution in [3.8, 4) is 0 Å². The largest absolute Gasteiger partial charge is 0.469 e. The zero-order chi connectivity index (χ0) is 14.8. The van der Waals surface area contributed by atoms with Gasteiger partial charge in [-0.15, -0.1) is 0 Å². The van der Waals surface area contributed by atoms with Crippen molar-refractivity contribution in [3.05, 3.63) is 46.5 Å². The molecule has 0 aliphatic carbocycles. The number of aromatic nitrogens is 2. The van der Waals surface area contributed by atoms with Gasteiger partial charge in [0.1, 0.15) is 5.65 Å². The molecule has 0 N–H and O–H groups in total. The molecule has 6 nitrogen and oxygen atoms in total. The predicted molar refractivity (Wildman–Crippen MR) is 76.9 cm³/mol. The molecule has 2 aromatic heterocycles. The second-order valence-corrected chi connectivity index (χ2v) is 5.26. The van der Waals surface area contributed by atoms with E-state index >= 15 is 0 Å². The molecule has 1 aliphatic heterocycles. The smallest absolute Gasteiger partial charge is 0.310 e. The molecule has 21 heavy (non-hydrogen) atoms. The van der Waals surface area contributed by atoms with Crippen LogP contribution in [0.3, 0.4) is 0 Å². The first-order chi connectivity index (χ1) is 10.2. The average Bonchev–Trinajstić information content (AvgIpc) is 2.95. The normalized spacial score (nSPS) is 19.0. The van der Waals surface area contributed by atoms with Crippen LogP contribution in [0.2, 0.25) is 0 Å². The van der Waals surface area contributed by atoms with Gasteiger partial charge in [-0.2, -0.15) is 0 Å². The molecule has 3 rings (SSSR count). The lowest BCUT2D eigenvalue weighted by Gasteiger charge is -2.15. The van der Waals surface area contributed by atoms with E-state index in [0.717, 1.165) is 18.7 Å². The van der Waals surface area contributed by atoms with Crippen LogP contribution in [-0.2, 0) is 16.1 Å². The number of likely N-dealkylation sites (tertiary alicyclic amines) is 1. The van der Waals surface area contributed by atoms with Crippen LogP contribution < -0.4 is 5.56 Å². The Balaban J connectivity index is 1.77. The van der Waals surface area contributed by atoms with E-state index in [1.165, 1.54) is 11.5 Å². The quantitative estimate of drug-likeness (QED) is 0.777. The van der Waals surface area contributed by atoms with Crippen LogP contribution in [0.15, 0.2) is 35.3 Å². The van der Waals surface area contributed by atoms with Crippen LogP contribution >= 0.6 is 0 Å². The summed E-state index contributed by atoms with van der Waals surface area (Å²) in [5.74, 6) is -0.236. The molecule has 0 radical (unpaired) electrons. The summed E-state index contributed by atoms with van der Waals surface area (Å²) in [4.78, 5) is 30.2. The Hall–Kier alpha value is -2.21. The zero-order valence-corrected chi connectivity index (χ0v) is 11.9. The minimum atomic E-state index is -0.163. The fourth-order valence-corrected chi connectivity index (χ4v) is 2.75. The molecule has 0 aromatic carbocycles. The average molecular weight is 287 g/mol. The van der Waals surface area contributed by atoms with Gasteiger partial charge in [0, 0.05) is 25.4 Å². The summed E-state index contributed by atoms with van der Waals surface area (Å²) in [6.45, 7) is 2.05. The van der Waals surface area contributed by atoms with Crippen molar-refractivity contribution in [1.29, 1.82) is 0 Å². The Kier molecular flexibility index (Phi) is 3.70. The molecular weight excluding hydrogens is 270 g/mol. The molecule has 0 bridgehead atoms. The van der Waals surface area contributed by atoms with E-state index in [1.54, 1.807) is 18.3 Å². The lowest BCUT2D eigenvalue weighted by atomic mass is 10.1. The van der Waals surface area contributed by atoms with Crippen molar-refractivity contribution in [2.75, 3.05) is 20.2 Å². The fraction of sp³-hybridized carbons (Fsp3) is 0.400. The second-order valence-electron chi connectivity index (χ2n) is 5.26. The van der Waals surface area contributed by atoms with Gasteiger partial charge in [-0.1, -0.05) is 6.07 Å². The van der Waals surface area contributed by atoms with E-state index in [2.05, 4.69) is 9.88 Å². The highest BCUT2D eigenvalue weighted by atomic mass is 16.5. The summed E-state index contributed by atoms with van der Waals surface area (Å²) < 4.78 is 6.29. The van der Waals surface area contributed by atoms with Gasteiger partial charge in [-0.3, -0.25) is 18.9 Å². The van der Waals surface area contributed by atoms with Crippen LogP contribution in [0.5, 0.6) is 0 Å². The van der Waals surface area contributed by atoms with Crippen molar-refractivity contribution in [3.63, 3.8) is 0 Å².